The van der Waals surface area contributed by atoms with E-state index in [4.69, 9.17) is 6.42 Å². The molecule has 1 aromatic rings. The van der Waals surface area contributed by atoms with Crippen molar-refractivity contribution in [2.45, 2.75) is 12.5 Å². The summed E-state index contributed by atoms with van der Waals surface area (Å²) in [4.78, 5) is 0. The molecule has 0 heterocycles. The number of rotatable bonds is 1. The van der Waals surface area contributed by atoms with Gasteiger partial charge in [-0.25, -0.2) is 4.39 Å². The van der Waals surface area contributed by atoms with Crippen LogP contribution in [-0.2, 0) is 5.60 Å². The summed E-state index contributed by atoms with van der Waals surface area (Å²) < 4.78 is 13.0. The number of benzene rings is 1. The lowest BCUT2D eigenvalue weighted by molar-refractivity contribution is 0.118. The topological polar surface area (TPSA) is 20.2 Å². The van der Waals surface area contributed by atoms with Crippen molar-refractivity contribution >= 4 is 0 Å². The minimum atomic E-state index is -1.52. The van der Waals surface area contributed by atoms with Crippen LogP contribution in [-0.4, -0.2) is 5.11 Å². The zero-order valence-corrected chi connectivity index (χ0v) is 6.71. The molecule has 2 heteroatoms. The monoisotopic (exact) mass is 164 g/mol. The van der Waals surface area contributed by atoms with Crippen LogP contribution < -0.4 is 0 Å². The van der Waals surface area contributed by atoms with E-state index in [2.05, 4.69) is 5.92 Å². The van der Waals surface area contributed by atoms with E-state index in [1.165, 1.54) is 19.1 Å². The Hall–Kier alpha value is -1.33. The van der Waals surface area contributed by atoms with Gasteiger partial charge in [-0.1, -0.05) is 24.1 Å². The van der Waals surface area contributed by atoms with Crippen molar-refractivity contribution in [2.24, 2.45) is 0 Å². The second-order valence-corrected chi connectivity index (χ2v) is 2.70. The first-order valence-corrected chi connectivity index (χ1v) is 3.53. The first-order chi connectivity index (χ1) is 5.58. The fourth-order valence-electron chi connectivity index (χ4n) is 0.934. The van der Waals surface area contributed by atoms with Crippen LogP contribution in [0.3, 0.4) is 0 Å². The molecule has 0 fully saturated rings. The summed E-state index contributed by atoms with van der Waals surface area (Å²) in [6.45, 7) is 1.38. The van der Waals surface area contributed by atoms with Crippen molar-refractivity contribution in [3.63, 3.8) is 0 Å². The Balaban J connectivity index is 3.22. The molecule has 12 heavy (non-hydrogen) atoms. The van der Waals surface area contributed by atoms with Crippen LogP contribution in [0.25, 0.3) is 0 Å². The van der Waals surface area contributed by atoms with E-state index < -0.39 is 11.4 Å². The molecule has 0 unspecified atom stereocenters. The molecule has 0 aromatic heterocycles. The SMILES string of the molecule is C#C[C@](C)(O)c1ccccc1F. The Morgan fingerprint density at radius 1 is 1.50 bits per heavy atom. The van der Waals surface area contributed by atoms with Gasteiger partial charge in [-0.2, -0.15) is 0 Å². The van der Waals surface area contributed by atoms with Gasteiger partial charge in [-0.05, 0) is 13.0 Å². The van der Waals surface area contributed by atoms with E-state index in [0.717, 1.165) is 0 Å². The largest absolute Gasteiger partial charge is 0.374 e. The predicted octanol–water partition coefficient (Wildman–Crippen LogP) is 1.67. The lowest BCUT2D eigenvalue weighted by Crippen LogP contribution is -2.19. The molecule has 0 saturated carbocycles. The molecule has 0 amide bonds. The van der Waals surface area contributed by atoms with Gasteiger partial charge in [0, 0.05) is 5.56 Å². The highest BCUT2D eigenvalue weighted by molar-refractivity contribution is 5.30. The molecule has 1 atom stereocenters. The molecular formula is C10H9FO. The molecule has 0 bridgehead atoms. The molecular weight excluding hydrogens is 155 g/mol. The van der Waals surface area contributed by atoms with Crippen LogP contribution in [0.4, 0.5) is 4.39 Å². The molecule has 0 aliphatic heterocycles. The summed E-state index contributed by atoms with van der Waals surface area (Å²) in [6.07, 6.45) is 5.04. The lowest BCUT2D eigenvalue weighted by atomic mass is 9.97. The third kappa shape index (κ3) is 1.46. The van der Waals surface area contributed by atoms with Gasteiger partial charge in [0.25, 0.3) is 0 Å². The average Bonchev–Trinajstić information content (AvgIpc) is 2.05. The van der Waals surface area contributed by atoms with E-state index in [1.807, 2.05) is 0 Å². The van der Waals surface area contributed by atoms with Gasteiger partial charge in [0.15, 0.2) is 5.60 Å². The molecule has 1 N–H and O–H groups in total. The smallest absolute Gasteiger partial charge is 0.150 e. The molecule has 0 spiro atoms. The van der Waals surface area contributed by atoms with Crippen LogP contribution in [0.1, 0.15) is 12.5 Å². The number of halogens is 1. The fraction of sp³-hybridized carbons (Fsp3) is 0.200. The van der Waals surface area contributed by atoms with Crippen LogP contribution in [0.2, 0.25) is 0 Å². The van der Waals surface area contributed by atoms with Crippen molar-refractivity contribution in [3.05, 3.63) is 35.6 Å². The standard InChI is InChI=1S/C10H9FO/c1-3-10(2,12)8-6-4-5-7-9(8)11/h1,4-7,12H,2H3/t10-/m0/s1. The highest BCUT2D eigenvalue weighted by Crippen LogP contribution is 2.21. The van der Waals surface area contributed by atoms with E-state index in [-0.39, 0.29) is 5.56 Å². The number of hydrogen-bond acceptors (Lipinski definition) is 1. The van der Waals surface area contributed by atoms with Crippen molar-refractivity contribution in [2.75, 3.05) is 0 Å². The fourth-order valence-corrected chi connectivity index (χ4v) is 0.934. The normalized spacial score (nSPS) is 14.8. The zero-order valence-electron chi connectivity index (χ0n) is 6.71. The molecule has 1 nitrogen and oxygen atoms in total. The summed E-state index contributed by atoms with van der Waals surface area (Å²) in [7, 11) is 0. The summed E-state index contributed by atoms with van der Waals surface area (Å²) in [5.74, 6) is 1.63. The van der Waals surface area contributed by atoms with Gasteiger partial charge in [-0.3, -0.25) is 0 Å². The third-order valence-electron chi connectivity index (χ3n) is 1.68. The maximum Gasteiger partial charge on any atom is 0.150 e. The molecule has 1 aromatic carbocycles. The minimum absolute atomic E-state index is 0.132. The van der Waals surface area contributed by atoms with Crippen LogP contribution >= 0.6 is 0 Å². The van der Waals surface area contributed by atoms with Gasteiger partial charge in [0.2, 0.25) is 0 Å². The zero-order chi connectivity index (χ0) is 9.19. The number of hydrogen-bond donors (Lipinski definition) is 1. The second-order valence-electron chi connectivity index (χ2n) is 2.70. The summed E-state index contributed by atoms with van der Waals surface area (Å²) >= 11 is 0. The highest BCUT2D eigenvalue weighted by Gasteiger charge is 2.22. The molecule has 0 aliphatic rings. The van der Waals surface area contributed by atoms with Gasteiger partial charge >= 0.3 is 0 Å². The molecule has 0 aliphatic carbocycles. The molecule has 0 saturated heterocycles. The Morgan fingerprint density at radius 2 is 2.08 bits per heavy atom. The Kier molecular flexibility index (Phi) is 2.16. The van der Waals surface area contributed by atoms with Gasteiger partial charge in [0.1, 0.15) is 5.82 Å². The van der Waals surface area contributed by atoms with E-state index in [1.54, 1.807) is 12.1 Å². The summed E-state index contributed by atoms with van der Waals surface area (Å²) in [5.41, 5.74) is -1.39. The minimum Gasteiger partial charge on any atom is -0.374 e. The Morgan fingerprint density at radius 3 is 2.58 bits per heavy atom. The Labute approximate surface area is 70.9 Å². The average molecular weight is 164 g/mol. The number of terminal acetylenes is 1. The maximum atomic E-state index is 13.0. The molecule has 0 radical (unpaired) electrons. The van der Waals surface area contributed by atoms with Crippen LogP contribution in [0.15, 0.2) is 24.3 Å². The van der Waals surface area contributed by atoms with Gasteiger partial charge in [0.05, 0.1) is 0 Å². The van der Waals surface area contributed by atoms with E-state index in [0.29, 0.717) is 0 Å². The van der Waals surface area contributed by atoms with Gasteiger partial charge < -0.3 is 5.11 Å². The highest BCUT2D eigenvalue weighted by atomic mass is 19.1. The maximum absolute atomic E-state index is 13.0. The predicted molar refractivity (Wildman–Crippen MR) is 44.8 cm³/mol. The lowest BCUT2D eigenvalue weighted by Gasteiger charge is -2.16. The molecule has 1 rings (SSSR count). The summed E-state index contributed by atoms with van der Waals surface area (Å²) in [6, 6.07) is 5.91. The number of aliphatic hydroxyl groups is 1. The van der Waals surface area contributed by atoms with Gasteiger partial charge in [-0.15, -0.1) is 6.42 Å². The molecule has 62 valence electrons. The first kappa shape index (κ1) is 8.76. The van der Waals surface area contributed by atoms with E-state index in [9.17, 15) is 9.50 Å². The van der Waals surface area contributed by atoms with Crippen molar-refractivity contribution in [1.29, 1.82) is 0 Å². The third-order valence-corrected chi connectivity index (χ3v) is 1.68. The van der Waals surface area contributed by atoms with Crippen LogP contribution in [0.5, 0.6) is 0 Å². The van der Waals surface area contributed by atoms with E-state index >= 15 is 0 Å². The quantitative estimate of drug-likeness (QED) is 0.626. The second kappa shape index (κ2) is 2.96. The Bertz CT molecular complexity index is 323. The van der Waals surface area contributed by atoms with Crippen molar-refractivity contribution < 1.29 is 9.50 Å². The summed E-state index contributed by atoms with van der Waals surface area (Å²) in [5, 5.41) is 9.50. The van der Waals surface area contributed by atoms with Crippen LogP contribution in [0, 0.1) is 18.2 Å². The first-order valence-electron chi connectivity index (χ1n) is 3.53. The van der Waals surface area contributed by atoms with Crippen molar-refractivity contribution in [1.82, 2.24) is 0 Å². The van der Waals surface area contributed by atoms with Crippen molar-refractivity contribution in [3.8, 4) is 12.3 Å².